The monoisotopic (exact) mass is 398 g/mol. The van der Waals surface area contributed by atoms with Crippen molar-refractivity contribution in [3.8, 4) is 5.75 Å². The minimum atomic E-state index is -0.546. The lowest BCUT2D eigenvalue weighted by Crippen LogP contribution is -2.22. The van der Waals surface area contributed by atoms with E-state index in [1.54, 1.807) is 54.6 Å². The van der Waals surface area contributed by atoms with Crippen molar-refractivity contribution in [1.29, 1.82) is 0 Å². The zero-order chi connectivity index (χ0) is 19.9. The summed E-state index contributed by atoms with van der Waals surface area (Å²) in [5.41, 5.74) is 0.842. The Morgan fingerprint density at radius 2 is 1.68 bits per heavy atom. The molecule has 0 bridgehead atoms. The fourth-order valence-corrected chi connectivity index (χ4v) is 2.63. The Bertz CT molecular complexity index is 1010. The molecule has 0 unspecified atom stereocenters. The van der Waals surface area contributed by atoms with E-state index >= 15 is 0 Å². The van der Waals surface area contributed by atoms with Gasteiger partial charge in [-0.15, -0.1) is 0 Å². The number of para-hydroxylation sites is 2. The van der Waals surface area contributed by atoms with E-state index in [9.17, 15) is 14.0 Å². The molecule has 3 rings (SSSR count). The van der Waals surface area contributed by atoms with Crippen LogP contribution in [0.25, 0.3) is 0 Å². The first-order valence-electron chi connectivity index (χ1n) is 8.36. The molecular formula is C21H16ClFN2O3. The van der Waals surface area contributed by atoms with Crippen LogP contribution in [0.1, 0.15) is 10.4 Å². The number of amides is 2. The highest BCUT2D eigenvalue weighted by molar-refractivity contribution is 6.31. The average molecular weight is 399 g/mol. The van der Waals surface area contributed by atoms with Crippen LogP contribution in [0.4, 0.5) is 15.8 Å². The summed E-state index contributed by atoms with van der Waals surface area (Å²) in [6, 6.07) is 19.1. The number of halogens is 2. The van der Waals surface area contributed by atoms with E-state index < -0.39 is 17.6 Å². The van der Waals surface area contributed by atoms with Crippen molar-refractivity contribution in [3.63, 3.8) is 0 Å². The Labute approximate surface area is 166 Å². The summed E-state index contributed by atoms with van der Waals surface area (Å²) in [6.45, 7) is -0.379. The standard InChI is InChI=1S/C21H16ClFN2O3/c22-14-6-5-7-15(12-14)24-21(27)16-8-1-4-11-19(16)28-13-20(26)25-18-10-3-2-9-17(18)23/h1-12H,13H2,(H,24,27)(H,25,26). The van der Waals surface area contributed by atoms with Gasteiger partial charge in [0.2, 0.25) is 0 Å². The van der Waals surface area contributed by atoms with Crippen LogP contribution in [0.2, 0.25) is 5.02 Å². The normalized spacial score (nSPS) is 10.2. The van der Waals surface area contributed by atoms with Gasteiger partial charge in [-0.2, -0.15) is 0 Å². The van der Waals surface area contributed by atoms with Crippen LogP contribution in [0.15, 0.2) is 72.8 Å². The van der Waals surface area contributed by atoms with Gasteiger partial charge in [0.1, 0.15) is 11.6 Å². The highest BCUT2D eigenvalue weighted by atomic mass is 35.5. The molecule has 0 radical (unpaired) electrons. The van der Waals surface area contributed by atoms with Crippen molar-refractivity contribution in [2.24, 2.45) is 0 Å². The van der Waals surface area contributed by atoms with Crippen molar-refractivity contribution in [2.75, 3.05) is 17.2 Å². The van der Waals surface area contributed by atoms with Crippen LogP contribution in [0.3, 0.4) is 0 Å². The summed E-state index contributed by atoms with van der Waals surface area (Å²) in [5, 5.41) is 5.63. The summed E-state index contributed by atoms with van der Waals surface area (Å²) >= 11 is 5.92. The van der Waals surface area contributed by atoms with Crippen LogP contribution in [0.5, 0.6) is 5.75 Å². The number of benzene rings is 3. The second kappa shape index (κ2) is 9.01. The van der Waals surface area contributed by atoms with Gasteiger partial charge >= 0.3 is 0 Å². The van der Waals surface area contributed by atoms with Gasteiger partial charge in [0.15, 0.2) is 6.61 Å². The third-order valence-electron chi connectivity index (χ3n) is 3.72. The maximum atomic E-state index is 13.6. The molecule has 0 saturated carbocycles. The molecule has 3 aromatic rings. The van der Waals surface area contributed by atoms with Crippen molar-refractivity contribution in [2.45, 2.75) is 0 Å². The number of carbonyl (C=O) groups is 2. The lowest BCUT2D eigenvalue weighted by molar-refractivity contribution is -0.118. The van der Waals surface area contributed by atoms with Gasteiger partial charge in [-0.3, -0.25) is 9.59 Å². The SMILES string of the molecule is O=C(COc1ccccc1C(=O)Nc1cccc(Cl)c1)Nc1ccccc1F. The van der Waals surface area contributed by atoms with Crippen molar-refractivity contribution in [1.82, 2.24) is 0 Å². The first-order valence-corrected chi connectivity index (χ1v) is 8.74. The van der Waals surface area contributed by atoms with Gasteiger partial charge in [0, 0.05) is 10.7 Å². The molecule has 3 aromatic carbocycles. The van der Waals surface area contributed by atoms with E-state index in [1.807, 2.05) is 0 Å². The first-order chi connectivity index (χ1) is 13.5. The van der Waals surface area contributed by atoms with Crippen LogP contribution >= 0.6 is 11.6 Å². The van der Waals surface area contributed by atoms with Crippen molar-refractivity contribution >= 4 is 34.8 Å². The Kier molecular flexibility index (Phi) is 6.24. The molecule has 0 saturated heterocycles. The molecule has 0 aliphatic rings. The fourth-order valence-electron chi connectivity index (χ4n) is 2.44. The lowest BCUT2D eigenvalue weighted by atomic mass is 10.2. The van der Waals surface area contributed by atoms with Crippen LogP contribution in [0, 0.1) is 5.82 Å². The number of rotatable bonds is 6. The van der Waals surface area contributed by atoms with Crippen LogP contribution < -0.4 is 15.4 Å². The zero-order valence-electron chi connectivity index (χ0n) is 14.6. The molecule has 0 aliphatic carbocycles. The Hall–Kier alpha value is -3.38. The first kappa shape index (κ1) is 19.4. The smallest absolute Gasteiger partial charge is 0.262 e. The maximum Gasteiger partial charge on any atom is 0.262 e. The third kappa shape index (κ3) is 5.08. The summed E-state index contributed by atoms with van der Waals surface area (Å²) in [4.78, 5) is 24.6. The average Bonchev–Trinajstić information content (AvgIpc) is 2.68. The molecule has 0 atom stereocenters. The number of hydrogen-bond donors (Lipinski definition) is 2. The molecule has 142 valence electrons. The summed E-state index contributed by atoms with van der Waals surface area (Å²) < 4.78 is 19.1. The molecule has 0 aromatic heterocycles. The third-order valence-corrected chi connectivity index (χ3v) is 3.96. The molecule has 7 heteroatoms. The maximum absolute atomic E-state index is 13.6. The van der Waals surface area contributed by atoms with E-state index in [0.29, 0.717) is 10.7 Å². The lowest BCUT2D eigenvalue weighted by Gasteiger charge is -2.12. The van der Waals surface area contributed by atoms with E-state index in [4.69, 9.17) is 16.3 Å². The second-order valence-electron chi connectivity index (χ2n) is 5.78. The van der Waals surface area contributed by atoms with Gasteiger partial charge in [0.25, 0.3) is 11.8 Å². The van der Waals surface area contributed by atoms with Crippen molar-refractivity contribution < 1.29 is 18.7 Å². The quantitative estimate of drug-likeness (QED) is 0.629. The Morgan fingerprint density at radius 3 is 2.46 bits per heavy atom. The molecule has 2 amide bonds. The van der Waals surface area contributed by atoms with Crippen LogP contribution in [-0.2, 0) is 4.79 Å². The second-order valence-corrected chi connectivity index (χ2v) is 6.21. The summed E-state index contributed by atoms with van der Waals surface area (Å²) in [5.74, 6) is -1.27. The largest absolute Gasteiger partial charge is 0.483 e. The fraction of sp³-hybridized carbons (Fsp3) is 0.0476. The molecule has 0 fully saturated rings. The minimum absolute atomic E-state index is 0.0584. The van der Waals surface area contributed by atoms with E-state index in [2.05, 4.69) is 10.6 Å². The van der Waals surface area contributed by atoms with Gasteiger partial charge in [0.05, 0.1) is 11.3 Å². The topological polar surface area (TPSA) is 67.4 Å². The molecular weight excluding hydrogens is 383 g/mol. The van der Waals surface area contributed by atoms with E-state index in [1.165, 1.54) is 18.2 Å². The molecule has 0 spiro atoms. The number of anilines is 2. The van der Waals surface area contributed by atoms with Crippen LogP contribution in [-0.4, -0.2) is 18.4 Å². The number of ether oxygens (including phenoxy) is 1. The number of nitrogens with one attached hydrogen (secondary N) is 2. The van der Waals surface area contributed by atoms with Gasteiger partial charge in [-0.05, 0) is 42.5 Å². The van der Waals surface area contributed by atoms with Gasteiger partial charge < -0.3 is 15.4 Å². The van der Waals surface area contributed by atoms with Gasteiger partial charge in [-0.1, -0.05) is 41.9 Å². The molecule has 0 aliphatic heterocycles. The number of hydrogen-bond acceptors (Lipinski definition) is 3. The van der Waals surface area contributed by atoms with Crippen molar-refractivity contribution in [3.05, 3.63) is 89.2 Å². The van der Waals surface area contributed by atoms with Gasteiger partial charge in [-0.25, -0.2) is 4.39 Å². The summed E-state index contributed by atoms with van der Waals surface area (Å²) in [7, 11) is 0. The van der Waals surface area contributed by atoms with E-state index in [0.717, 1.165) is 0 Å². The minimum Gasteiger partial charge on any atom is -0.483 e. The summed E-state index contributed by atoms with van der Waals surface area (Å²) in [6.07, 6.45) is 0. The zero-order valence-corrected chi connectivity index (χ0v) is 15.4. The predicted molar refractivity (Wildman–Crippen MR) is 106 cm³/mol. The number of carbonyl (C=O) groups excluding carboxylic acids is 2. The highest BCUT2D eigenvalue weighted by Gasteiger charge is 2.14. The van der Waals surface area contributed by atoms with E-state index in [-0.39, 0.29) is 23.6 Å². The molecule has 28 heavy (non-hydrogen) atoms. The molecule has 2 N–H and O–H groups in total. The predicted octanol–water partition coefficient (Wildman–Crippen LogP) is 4.75. The molecule has 0 heterocycles. The Balaban J connectivity index is 1.66. The highest BCUT2D eigenvalue weighted by Crippen LogP contribution is 2.21. The Morgan fingerprint density at radius 1 is 0.929 bits per heavy atom. The molecule has 5 nitrogen and oxygen atoms in total.